The molecule has 0 atom stereocenters. The highest BCUT2D eigenvalue weighted by atomic mass is 32.2. The molecule has 3 nitrogen and oxygen atoms in total. The van der Waals surface area contributed by atoms with Gasteiger partial charge in [0.2, 0.25) is 0 Å². The second-order valence-electron chi connectivity index (χ2n) is 2.61. The van der Waals surface area contributed by atoms with Gasteiger partial charge in [-0.15, -0.1) is 23.5 Å². The molecule has 1 aromatic carbocycles. The zero-order valence-electron chi connectivity index (χ0n) is 9.29. The molecule has 0 fully saturated rings. The number of thiol groups is 1. The molecular formula is C10H16O3S3. The van der Waals surface area contributed by atoms with Gasteiger partial charge in [0, 0.05) is 0 Å². The lowest BCUT2D eigenvalue weighted by molar-refractivity contribution is 0.241. The smallest absolute Gasteiger partial charge is 0.168 e. The van der Waals surface area contributed by atoms with Crippen molar-refractivity contribution in [1.82, 2.24) is 0 Å². The van der Waals surface area contributed by atoms with E-state index in [0.29, 0.717) is 4.90 Å². The highest BCUT2D eigenvalue weighted by Gasteiger charge is 1.87. The van der Waals surface area contributed by atoms with Gasteiger partial charge in [0.15, 0.2) is 10.7 Å². The lowest BCUT2D eigenvalue weighted by Crippen LogP contribution is -1.85. The van der Waals surface area contributed by atoms with Crippen LogP contribution in [0.5, 0.6) is 0 Å². The molecule has 0 saturated heterocycles. The number of hydrogen-bond acceptors (Lipinski definition) is 5. The topological polar surface area (TPSA) is 43.4 Å². The van der Waals surface area contributed by atoms with Crippen molar-refractivity contribution in [2.45, 2.75) is 4.90 Å². The van der Waals surface area contributed by atoms with Crippen molar-refractivity contribution in [3.8, 4) is 0 Å². The Kier molecular flexibility index (Phi) is 11.2. The average molecular weight is 280 g/mol. The molecule has 0 radical (unpaired) electrons. The molecule has 0 aliphatic rings. The molecule has 0 amide bonds. The monoisotopic (exact) mass is 280 g/mol. The van der Waals surface area contributed by atoms with E-state index in [2.05, 4.69) is 0 Å². The van der Waals surface area contributed by atoms with E-state index in [9.17, 15) is 8.42 Å². The van der Waals surface area contributed by atoms with E-state index < -0.39 is 10.7 Å². The summed E-state index contributed by atoms with van der Waals surface area (Å²) in [7, 11) is -2.40. The highest BCUT2D eigenvalue weighted by molar-refractivity contribution is 7.99. The number of rotatable bonds is 5. The van der Waals surface area contributed by atoms with Gasteiger partial charge < -0.3 is 4.74 Å². The largest absolute Gasteiger partial charge is 0.360 e. The first kappa shape index (κ1) is 15.8. The van der Waals surface area contributed by atoms with Crippen LogP contribution in [-0.2, 0) is 15.4 Å². The Morgan fingerprint density at radius 3 is 1.88 bits per heavy atom. The molecule has 0 aromatic heterocycles. The average Bonchev–Trinajstić information content (AvgIpc) is 2.32. The summed E-state index contributed by atoms with van der Waals surface area (Å²) in [6.07, 6.45) is 4.06. The summed E-state index contributed by atoms with van der Waals surface area (Å²) in [5, 5.41) is 0. The fourth-order valence-electron chi connectivity index (χ4n) is 0.750. The summed E-state index contributed by atoms with van der Waals surface area (Å²) in [4.78, 5) is 0.368. The maximum Gasteiger partial charge on any atom is 0.168 e. The molecule has 0 saturated carbocycles. The van der Waals surface area contributed by atoms with Crippen molar-refractivity contribution in [2.75, 3.05) is 24.4 Å². The van der Waals surface area contributed by atoms with Crippen LogP contribution in [0.4, 0.5) is 0 Å². The van der Waals surface area contributed by atoms with Crippen LogP contribution in [0.15, 0.2) is 35.2 Å². The third kappa shape index (κ3) is 9.08. The van der Waals surface area contributed by atoms with Crippen molar-refractivity contribution in [3.63, 3.8) is 0 Å². The van der Waals surface area contributed by atoms with Crippen molar-refractivity contribution in [3.05, 3.63) is 30.3 Å². The van der Waals surface area contributed by atoms with Gasteiger partial charge in [-0.3, -0.25) is 0 Å². The molecule has 0 bridgehead atoms. The van der Waals surface area contributed by atoms with Crippen molar-refractivity contribution in [1.29, 1.82) is 0 Å². The van der Waals surface area contributed by atoms with Crippen LogP contribution >= 0.6 is 23.5 Å². The summed E-state index contributed by atoms with van der Waals surface area (Å²) in [5.41, 5.74) is 0. The third-order valence-electron chi connectivity index (χ3n) is 1.37. The van der Waals surface area contributed by atoms with Gasteiger partial charge in [0.05, 0.1) is 16.8 Å². The van der Waals surface area contributed by atoms with Crippen LogP contribution < -0.4 is 0 Å². The Labute approximate surface area is 107 Å². The minimum atomic E-state index is -2.40. The molecule has 1 aromatic rings. The molecule has 0 heterocycles. The molecule has 92 valence electrons. The predicted octanol–water partition coefficient (Wildman–Crippen LogP) is 2.30. The predicted molar refractivity (Wildman–Crippen MR) is 72.9 cm³/mol. The molecule has 0 aliphatic heterocycles. The fourth-order valence-corrected chi connectivity index (χ4v) is 1.77. The van der Waals surface area contributed by atoms with Gasteiger partial charge in [-0.05, 0) is 24.6 Å². The van der Waals surface area contributed by atoms with Crippen molar-refractivity contribution >= 4 is 34.2 Å². The minimum absolute atomic E-state index is 0.368. The van der Waals surface area contributed by atoms with Gasteiger partial charge in [-0.25, -0.2) is 8.42 Å². The van der Waals surface area contributed by atoms with Crippen LogP contribution in [0.1, 0.15) is 0 Å². The molecular weight excluding hydrogens is 264 g/mol. The van der Waals surface area contributed by atoms with Crippen molar-refractivity contribution < 1.29 is 13.2 Å². The van der Waals surface area contributed by atoms with Crippen LogP contribution in [0.3, 0.4) is 0 Å². The Morgan fingerprint density at radius 1 is 1.06 bits per heavy atom. The maximum absolute atomic E-state index is 10.2. The van der Waals surface area contributed by atoms with Gasteiger partial charge in [0.1, 0.15) is 0 Å². The van der Waals surface area contributed by atoms with E-state index >= 15 is 0 Å². The summed E-state index contributed by atoms with van der Waals surface area (Å²) in [6.45, 7) is 0. The molecule has 0 N–H and O–H groups in total. The standard InChI is InChI=1S/C6H6O2S.C4H10OS2/c7-9(8)6-4-2-1-3-5-6;1-6-3-5-4-7-2/h1-5,9H;3-4H2,1-2H3. The normalized spacial score (nSPS) is 9.69. The zero-order chi connectivity index (χ0) is 12.2. The van der Waals surface area contributed by atoms with Gasteiger partial charge in [-0.2, -0.15) is 0 Å². The van der Waals surface area contributed by atoms with Crippen LogP contribution in [0.2, 0.25) is 0 Å². The maximum atomic E-state index is 10.2. The molecule has 16 heavy (non-hydrogen) atoms. The summed E-state index contributed by atoms with van der Waals surface area (Å²) in [6, 6.07) is 8.29. The van der Waals surface area contributed by atoms with Gasteiger partial charge in [0.25, 0.3) is 0 Å². The Hall–Kier alpha value is -0.170. The van der Waals surface area contributed by atoms with E-state index in [-0.39, 0.29) is 0 Å². The number of ether oxygens (including phenoxy) is 1. The SMILES string of the molecule is CSCOCSC.O=[SH](=O)c1ccccc1. The number of thioether (sulfide) groups is 2. The summed E-state index contributed by atoms with van der Waals surface area (Å²) < 4.78 is 25.5. The quantitative estimate of drug-likeness (QED) is 0.509. The summed E-state index contributed by atoms with van der Waals surface area (Å²) in [5.74, 6) is 1.64. The van der Waals surface area contributed by atoms with Gasteiger partial charge in [-0.1, -0.05) is 18.2 Å². The number of hydrogen-bond donors (Lipinski definition) is 1. The molecule has 1 rings (SSSR count). The molecule has 0 aliphatic carbocycles. The molecule has 0 spiro atoms. The lowest BCUT2D eigenvalue weighted by atomic mass is 10.4. The molecule has 0 unspecified atom stereocenters. The summed E-state index contributed by atoms with van der Waals surface area (Å²) >= 11 is 3.41. The molecule has 6 heteroatoms. The highest BCUT2D eigenvalue weighted by Crippen LogP contribution is 1.97. The Bertz CT molecular complexity index is 313. The number of benzene rings is 1. The van der Waals surface area contributed by atoms with Crippen LogP contribution in [0.25, 0.3) is 0 Å². The first-order chi connectivity index (χ1) is 7.72. The van der Waals surface area contributed by atoms with E-state index in [0.717, 1.165) is 11.9 Å². The Balaban J connectivity index is 0.000000293. The zero-order valence-corrected chi connectivity index (χ0v) is 11.8. The second-order valence-corrected chi connectivity index (χ2v) is 5.27. The lowest BCUT2D eigenvalue weighted by Gasteiger charge is -1.94. The van der Waals surface area contributed by atoms with Gasteiger partial charge >= 0.3 is 0 Å². The van der Waals surface area contributed by atoms with E-state index in [4.69, 9.17) is 4.74 Å². The third-order valence-corrected chi connectivity index (χ3v) is 2.89. The van der Waals surface area contributed by atoms with Crippen LogP contribution in [0, 0.1) is 0 Å². The first-order valence-corrected chi connectivity index (χ1v) is 8.44. The van der Waals surface area contributed by atoms with Crippen molar-refractivity contribution in [2.24, 2.45) is 0 Å². The van der Waals surface area contributed by atoms with E-state index in [1.54, 1.807) is 53.9 Å². The first-order valence-electron chi connectivity index (χ1n) is 4.47. The minimum Gasteiger partial charge on any atom is -0.360 e. The fraction of sp³-hybridized carbons (Fsp3) is 0.400. The van der Waals surface area contributed by atoms with E-state index in [1.807, 2.05) is 12.5 Å². The second kappa shape index (κ2) is 11.3. The Morgan fingerprint density at radius 2 is 1.56 bits per heavy atom. The van der Waals surface area contributed by atoms with E-state index in [1.165, 1.54) is 0 Å². The van der Waals surface area contributed by atoms with Crippen LogP contribution in [-0.4, -0.2) is 32.8 Å².